The molecule has 0 saturated carbocycles. The minimum atomic E-state index is -0.421. The van der Waals surface area contributed by atoms with Gasteiger partial charge in [0.05, 0.1) is 22.6 Å². The molecule has 2 rings (SSSR count). The van der Waals surface area contributed by atoms with Gasteiger partial charge >= 0.3 is 14.6 Å². The Balaban J connectivity index is 2.41. The Bertz CT molecular complexity index is 897. The fraction of sp³-hybridized carbons (Fsp3) is 0.724. The van der Waals surface area contributed by atoms with Crippen LogP contribution < -0.4 is 10.9 Å². The first-order valence-corrected chi connectivity index (χ1v) is 13.9. The lowest BCUT2D eigenvalue weighted by atomic mass is 9.71. The highest BCUT2D eigenvalue weighted by Crippen LogP contribution is 2.36. The van der Waals surface area contributed by atoms with Gasteiger partial charge in [0.25, 0.3) is 0 Å². The molecule has 0 aromatic heterocycles. The van der Waals surface area contributed by atoms with E-state index < -0.39 is 12.7 Å². The Kier molecular flexibility index (Phi) is 9.65. The van der Waals surface area contributed by atoms with Crippen molar-refractivity contribution in [2.24, 2.45) is 5.92 Å². The van der Waals surface area contributed by atoms with Gasteiger partial charge in [-0.15, -0.1) is 0 Å². The van der Waals surface area contributed by atoms with E-state index in [4.69, 9.17) is 31.3 Å². The van der Waals surface area contributed by atoms with Gasteiger partial charge in [-0.25, -0.2) is 0 Å². The number of thiol groups is 1. The fourth-order valence-electron chi connectivity index (χ4n) is 4.01. The quantitative estimate of drug-likeness (QED) is 0.231. The molecule has 202 valence electrons. The van der Waals surface area contributed by atoms with Crippen molar-refractivity contribution >= 4 is 38.2 Å². The summed E-state index contributed by atoms with van der Waals surface area (Å²) in [6, 6.07) is 6.52. The maximum Gasteiger partial charge on any atom is 0.494 e. The summed E-state index contributed by atoms with van der Waals surface area (Å²) in [4.78, 5) is 0. The second-order valence-corrected chi connectivity index (χ2v) is 14.5. The third-order valence-electron chi connectivity index (χ3n) is 7.81. The van der Waals surface area contributed by atoms with Crippen molar-refractivity contribution < 1.29 is 18.7 Å². The molecule has 7 heteroatoms. The van der Waals surface area contributed by atoms with E-state index in [0.29, 0.717) is 7.48 Å². The van der Waals surface area contributed by atoms with Crippen LogP contribution in [0.4, 0.5) is 0 Å². The molecule has 0 amide bonds. The normalized spacial score (nSPS) is 18.8. The number of hydrogen-bond acceptors (Lipinski definition) is 5. The van der Waals surface area contributed by atoms with E-state index in [2.05, 4.69) is 108 Å². The van der Waals surface area contributed by atoms with Crippen LogP contribution in [0.2, 0.25) is 0 Å². The zero-order valence-corrected chi connectivity index (χ0v) is 25.9. The van der Waals surface area contributed by atoms with Gasteiger partial charge in [-0.05, 0) is 99.9 Å². The van der Waals surface area contributed by atoms with Gasteiger partial charge in [0.1, 0.15) is 5.60 Å². The molecule has 1 heterocycles. The van der Waals surface area contributed by atoms with E-state index in [0.717, 1.165) is 35.9 Å². The Labute approximate surface area is 228 Å². The van der Waals surface area contributed by atoms with Gasteiger partial charge in [0.2, 0.25) is 0 Å². The number of ether oxygens (including phenoxy) is 1. The van der Waals surface area contributed by atoms with E-state index in [1.165, 1.54) is 5.56 Å². The molecule has 1 atom stereocenters. The van der Waals surface area contributed by atoms with E-state index in [1.54, 1.807) is 0 Å². The molecule has 0 N–H and O–H groups in total. The highest BCUT2D eigenvalue weighted by molar-refractivity contribution is 7.81. The molecule has 0 spiro atoms. The fourth-order valence-corrected chi connectivity index (χ4v) is 4.07. The highest BCUT2D eigenvalue weighted by Gasteiger charge is 2.51. The van der Waals surface area contributed by atoms with Crippen molar-refractivity contribution in [1.29, 1.82) is 0 Å². The molecular weight excluding hydrogens is 466 g/mol. The Morgan fingerprint density at radius 1 is 1.06 bits per heavy atom. The van der Waals surface area contributed by atoms with E-state index in [1.807, 2.05) is 0 Å². The Hall–Kier alpha value is -0.880. The molecule has 0 aliphatic carbocycles. The molecule has 1 saturated heterocycles. The van der Waals surface area contributed by atoms with Gasteiger partial charge in [-0.2, -0.15) is 12.6 Å². The van der Waals surface area contributed by atoms with Gasteiger partial charge in [0.15, 0.2) is 0 Å². The number of hydrogen-bond donors (Lipinski definition) is 1. The van der Waals surface area contributed by atoms with Gasteiger partial charge in [-0.1, -0.05) is 43.7 Å². The van der Waals surface area contributed by atoms with Crippen molar-refractivity contribution in [2.75, 3.05) is 0 Å². The van der Waals surface area contributed by atoms with Crippen LogP contribution in [0.3, 0.4) is 0 Å². The van der Waals surface area contributed by atoms with Crippen LogP contribution in [0.25, 0.3) is 0 Å². The average Bonchev–Trinajstić information content (AvgIpc) is 2.91. The van der Waals surface area contributed by atoms with Crippen LogP contribution in [0, 0.1) is 5.92 Å². The average molecular weight is 516 g/mol. The van der Waals surface area contributed by atoms with Gasteiger partial charge in [-0.3, -0.25) is 0 Å². The summed E-state index contributed by atoms with van der Waals surface area (Å²) in [6.45, 7) is 29.4. The third-order valence-corrected chi connectivity index (χ3v) is 8.35. The molecule has 1 unspecified atom stereocenters. The summed E-state index contributed by atoms with van der Waals surface area (Å²) in [5.41, 5.74) is 1.92. The van der Waals surface area contributed by atoms with Gasteiger partial charge in [0, 0.05) is 10.7 Å². The molecule has 1 aromatic carbocycles. The minimum absolute atomic E-state index is 0.227. The predicted octanol–water partition coefficient (Wildman–Crippen LogP) is 5.75. The second kappa shape index (κ2) is 11.1. The van der Waals surface area contributed by atoms with Crippen LogP contribution in [0.5, 0.6) is 0 Å². The maximum atomic E-state index is 6.49. The van der Waals surface area contributed by atoms with Crippen molar-refractivity contribution in [1.82, 2.24) is 0 Å². The molecule has 1 fully saturated rings. The summed E-state index contributed by atoms with van der Waals surface area (Å²) in [5, 5.41) is 0. The zero-order chi connectivity index (χ0) is 27.7. The Morgan fingerprint density at radius 3 is 2.08 bits per heavy atom. The third kappa shape index (κ3) is 7.82. The van der Waals surface area contributed by atoms with E-state index >= 15 is 0 Å². The van der Waals surface area contributed by atoms with Crippen LogP contribution in [-0.4, -0.2) is 41.8 Å². The first-order valence-electron chi connectivity index (χ1n) is 13.4. The van der Waals surface area contributed by atoms with Crippen LogP contribution in [0.1, 0.15) is 101 Å². The molecular formula is C29H50B2O4S. The van der Waals surface area contributed by atoms with Crippen molar-refractivity contribution in [3.63, 3.8) is 0 Å². The van der Waals surface area contributed by atoms with Crippen molar-refractivity contribution in [3.05, 3.63) is 36.1 Å². The largest absolute Gasteiger partial charge is 0.494 e. The summed E-state index contributed by atoms with van der Waals surface area (Å²) in [6.07, 6.45) is 2.93. The van der Waals surface area contributed by atoms with Crippen molar-refractivity contribution in [2.45, 2.75) is 129 Å². The highest BCUT2D eigenvalue weighted by atomic mass is 32.1. The lowest BCUT2D eigenvalue weighted by Gasteiger charge is -2.38. The SMILES string of the molecule is C=C(OC(C)(C)C)C(CCC)Cc1ccc(B2OC(C)(C)C(C)(C)O2)cc1BOC(C)(C)C(C)(C)S. The monoisotopic (exact) mass is 516 g/mol. The molecule has 1 aliphatic heterocycles. The van der Waals surface area contributed by atoms with Crippen LogP contribution in [-0.2, 0) is 25.1 Å². The van der Waals surface area contributed by atoms with Crippen LogP contribution in [0.15, 0.2) is 30.5 Å². The molecule has 0 radical (unpaired) electrons. The predicted molar refractivity (Wildman–Crippen MR) is 159 cm³/mol. The second-order valence-electron chi connectivity index (χ2n) is 13.3. The summed E-state index contributed by atoms with van der Waals surface area (Å²) in [5.74, 6) is 1.08. The lowest BCUT2D eigenvalue weighted by Crippen LogP contribution is -2.47. The first-order chi connectivity index (χ1) is 16.2. The molecule has 1 aromatic rings. The molecule has 4 nitrogen and oxygen atoms in total. The summed E-state index contributed by atoms with van der Waals surface area (Å²) >= 11 is 4.79. The molecule has 0 bridgehead atoms. The first kappa shape index (κ1) is 31.3. The van der Waals surface area contributed by atoms with Crippen LogP contribution >= 0.6 is 12.6 Å². The van der Waals surface area contributed by atoms with E-state index in [9.17, 15) is 0 Å². The standard InChI is InChI=1S/C29H50B2O4S/c1-14-15-21(20(2)32-25(3,4)5)18-22-16-17-23(31-34-26(6,7)27(8,9)35-31)19-24(22)30-33-28(10,11)29(12,13)36/h16-17,19,21,30,36H,2,14-15,18H2,1,3-13H3. The number of benzene rings is 1. The summed E-state index contributed by atoms with van der Waals surface area (Å²) in [7, 11) is 0.0632. The maximum absolute atomic E-state index is 6.49. The molecule has 1 aliphatic rings. The van der Waals surface area contributed by atoms with E-state index in [-0.39, 0.29) is 27.5 Å². The van der Waals surface area contributed by atoms with Crippen molar-refractivity contribution in [3.8, 4) is 0 Å². The number of allylic oxidation sites excluding steroid dienone is 1. The summed E-state index contributed by atoms with van der Waals surface area (Å²) < 4.78 is 25.1. The topological polar surface area (TPSA) is 36.9 Å². The zero-order valence-electron chi connectivity index (χ0n) is 25.0. The lowest BCUT2D eigenvalue weighted by molar-refractivity contribution is 0.00578. The number of rotatable bonds is 11. The van der Waals surface area contributed by atoms with Gasteiger partial charge < -0.3 is 18.7 Å². The molecule has 36 heavy (non-hydrogen) atoms. The minimum Gasteiger partial charge on any atom is -0.493 e. The smallest absolute Gasteiger partial charge is 0.493 e. The Morgan fingerprint density at radius 2 is 1.61 bits per heavy atom.